The molecule has 0 saturated carbocycles. The number of methoxy groups -OCH3 is 2. The van der Waals surface area contributed by atoms with Crippen molar-refractivity contribution in [3.63, 3.8) is 0 Å². The summed E-state index contributed by atoms with van der Waals surface area (Å²) >= 11 is 0. The Labute approximate surface area is 260 Å². The molecule has 1 unspecified atom stereocenters. The molecule has 44 heavy (non-hydrogen) atoms. The summed E-state index contributed by atoms with van der Waals surface area (Å²) < 4.78 is 30.8. The molecule has 9 nitrogen and oxygen atoms in total. The Morgan fingerprint density at radius 1 is 0.886 bits per heavy atom. The van der Waals surface area contributed by atoms with Crippen molar-refractivity contribution in [2.45, 2.75) is 56.9 Å². The fraction of sp³-hybridized carbons (Fsp3) is 0.457. The van der Waals surface area contributed by atoms with E-state index in [9.17, 15) is 10.4 Å². The summed E-state index contributed by atoms with van der Waals surface area (Å²) in [5.41, 5.74) is 5.67. The van der Waals surface area contributed by atoms with Crippen molar-refractivity contribution in [3.05, 3.63) is 77.4 Å². The van der Waals surface area contributed by atoms with Gasteiger partial charge in [0.05, 0.1) is 39.0 Å². The summed E-state index contributed by atoms with van der Waals surface area (Å²) in [5, 5.41) is 21.9. The minimum atomic E-state index is -0.557. The zero-order chi connectivity index (χ0) is 31.7. The van der Waals surface area contributed by atoms with E-state index in [2.05, 4.69) is 48.7 Å². The van der Waals surface area contributed by atoms with Gasteiger partial charge in [-0.2, -0.15) is 5.26 Å². The average molecular weight is 602 g/mol. The van der Waals surface area contributed by atoms with Gasteiger partial charge in [0.15, 0.2) is 23.0 Å². The fourth-order valence-electron chi connectivity index (χ4n) is 7.67. The number of nitriles is 1. The van der Waals surface area contributed by atoms with Gasteiger partial charge in [-0.05, 0) is 44.9 Å². The number of aliphatic hydroxyl groups excluding tert-OH is 1. The predicted molar refractivity (Wildman–Crippen MR) is 169 cm³/mol. The summed E-state index contributed by atoms with van der Waals surface area (Å²) in [6.07, 6.45) is 6.29. The van der Waals surface area contributed by atoms with Gasteiger partial charge in [0.1, 0.15) is 31.6 Å². The number of benzene rings is 2. The zero-order valence-corrected chi connectivity index (χ0v) is 26.4. The van der Waals surface area contributed by atoms with Crippen LogP contribution in [0, 0.1) is 25.2 Å². The number of hydrogen-bond donors (Lipinski definition) is 1. The van der Waals surface area contributed by atoms with Gasteiger partial charge >= 0.3 is 0 Å². The van der Waals surface area contributed by atoms with Crippen LogP contribution in [0.3, 0.4) is 0 Å². The normalized spacial score (nSPS) is 23.7. The fourth-order valence-corrected chi connectivity index (χ4v) is 7.67. The van der Waals surface area contributed by atoms with Gasteiger partial charge < -0.3 is 28.8 Å². The number of fused-ring (bicyclic) bond motifs is 7. The molecule has 1 fully saturated rings. The molecule has 2 aromatic carbocycles. The van der Waals surface area contributed by atoms with Crippen molar-refractivity contribution in [2.24, 2.45) is 0 Å². The van der Waals surface area contributed by atoms with Gasteiger partial charge in [0.25, 0.3) is 0 Å². The summed E-state index contributed by atoms with van der Waals surface area (Å²) in [5.74, 6) is 3.15. The summed E-state index contributed by atoms with van der Waals surface area (Å²) in [6.45, 7) is 16.2. The second-order valence-corrected chi connectivity index (χ2v) is 11.5. The standard InChI is InChI=1S/C35H43N3O6/c1-9-12-42-32-21(5)33(41-8)35(44-14-11-3)29-23(32)17-25-30-28-22(15-20(4)31(40-7)34(28)43-13-10-2)16-24(37(30)6)26(18-36)38(25)27(29)19-39/h9-11,15,24-27,30,39H,1-3,12-14,16-17,19H2,4-8H3/t24-,25?,26-,27-,30-/m0/s1. The number of rotatable bonds is 12. The van der Waals surface area contributed by atoms with Crippen LogP contribution in [0.15, 0.2) is 44.0 Å². The molecule has 0 aromatic heterocycles. The summed E-state index contributed by atoms with van der Waals surface area (Å²) in [4.78, 5) is 4.50. The van der Waals surface area contributed by atoms with Crippen LogP contribution in [-0.2, 0) is 12.8 Å². The first-order valence-electron chi connectivity index (χ1n) is 15.0. The van der Waals surface area contributed by atoms with Gasteiger partial charge in [-0.15, -0.1) is 0 Å². The monoisotopic (exact) mass is 601 g/mol. The number of hydrogen-bond acceptors (Lipinski definition) is 9. The third-order valence-corrected chi connectivity index (χ3v) is 9.25. The third kappa shape index (κ3) is 4.82. The maximum absolute atomic E-state index is 11.2. The largest absolute Gasteiger partial charge is 0.493 e. The summed E-state index contributed by atoms with van der Waals surface area (Å²) in [7, 11) is 5.34. The van der Waals surface area contributed by atoms with Crippen molar-refractivity contribution >= 4 is 0 Å². The Balaban J connectivity index is 1.81. The van der Waals surface area contributed by atoms with E-state index in [1.807, 2.05) is 13.8 Å². The predicted octanol–water partition coefficient (Wildman–Crippen LogP) is 4.78. The molecule has 0 amide bonds. The number of aryl methyl sites for hydroxylation is 1. The molecule has 234 valence electrons. The van der Waals surface area contributed by atoms with Crippen LogP contribution in [0.4, 0.5) is 0 Å². The van der Waals surface area contributed by atoms with Crippen LogP contribution in [0.25, 0.3) is 0 Å². The molecule has 1 N–H and O–H groups in total. The average Bonchev–Trinajstić information content (AvgIpc) is 3.01. The van der Waals surface area contributed by atoms with E-state index in [0.29, 0.717) is 54.8 Å². The number of likely N-dealkylation sites (N-methyl/N-ethyl adjacent to an activating group) is 1. The molecule has 0 aliphatic carbocycles. The minimum Gasteiger partial charge on any atom is -0.493 e. The highest BCUT2D eigenvalue weighted by Crippen LogP contribution is 2.57. The topological polar surface area (TPSA) is 96.6 Å². The summed E-state index contributed by atoms with van der Waals surface area (Å²) in [6, 6.07) is 3.23. The first-order valence-corrected chi connectivity index (χ1v) is 15.0. The van der Waals surface area contributed by atoms with E-state index < -0.39 is 12.1 Å². The van der Waals surface area contributed by atoms with Gasteiger partial charge in [0, 0.05) is 34.3 Å². The highest BCUT2D eigenvalue weighted by atomic mass is 16.5. The minimum absolute atomic E-state index is 0.120. The highest BCUT2D eigenvalue weighted by molar-refractivity contribution is 5.66. The lowest BCUT2D eigenvalue weighted by atomic mass is 9.71. The lowest BCUT2D eigenvalue weighted by Crippen LogP contribution is -2.68. The van der Waals surface area contributed by atoms with Gasteiger partial charge in [-0.3, -0.25) is 9.80 Å². The van der Waals surface area contributed by atoms with Crippen molar-refractivity contribution in [1.82, 2.24) is 9.80 Å². The highest BCUT2D eigenvalue weighted by Gasteiger charge is 2.56. The number of ether oxygens (including phenoxy) is 5. The van der Waals surface area contributed by atoms with Crippen molar-refractivity contribution in [2.75, 3.05) is 47.7 Å². The van der Waals surface area contributed by atoms with Crippen LogP contribution >= 0.6 is 0 Å². The molecule has 3 aliphatic rings. The van der Waals surface area contributed by atoms with Gasteiger partial charge in [-0.25, -0.2) is 0 Å². The van der Waals surface area contributed by atoms with Crippen LogP contribution in [-0.4, -0.2) is 80.7 Å². The molecule has 5 atom stereocenters. The second kappa shape index (κ2) is 12.9. The van der Waals surface area contributed by atoms with Crippen LogP contribution in [0.2, 0.25) is 0 Å². The van der Waals surface area contributed by atoms with Gasteiger partial charge in [0.2, 0.25) is 0 Å². The van der Waals surface area contributed by atoms with E-state index >= 15 is 0 Å². The number of piperazine rings is 1. The molecule has 9 heteroatoms. The molecule has 5 rings (SSSR count). The van der Waals surface area contributed by atoms with E-state index in [4.69, 9.17) is 23.7 Å². The van der Waals surface area contributed by atoms with Crippen molar-refractivity contribution in [3.8, 4) is 34.8 Å². The van der Waals surface area contributed by atoms with E-state index in [0.717, 1.165) is 33.4 Å². The maximum Gasteiger partial charge on any atom is 0.167 e. The van der Waals surface area contributed by atoms with Crippen LogP contribution in [0.1, 0.15) is 45.5 Å². The van der Waals surface area contributed by atoms with Crippen molar-refractivity contribution in [1.29, 1.82) is 5.26 Å². The lowest BCUT2D eigenvalue weighted by molar-refractivity contribution is -0.0827. The molecular weight excluding hydrogens is 558 g/mol. The van der Waals surface area contributed by atoms with E-state index in [1.165, 1.54) is 0 Å². The lowest BCUT2D eigenvalue weighted by Gasteiger charge is -2.60. The SMILES string of the molecule is C=CCOc1c(C)c(OC)c(OCC=C)c2c1CC1[C@H]3c4c(cc(C)c(OC)c4OCC=C)C[C@@H]([C@H](C#N)N1[C@H]2CO)N3C. The maximum atomic E-state index is 11.2. The Hall–Kier alpha value is -3.97. The smallest absolute Gasteiger partial charge is 0.167 e. The molecule has 0 spiro atoms. The van der Waals surface area contributed by atoms with E-state index in [-0.39, 0.29) is 31.3 Å². The molecule has 0 radical (unpaired) electrons. The third-order valence-electron chi connectivity index (χ3n) is 9.25. The molecule has 2 bridgehead atoms. The molecule has 1 saturated heterocycles. The Bertz CT molecular complexity index is 1500. The number of aliphatic hydroxyl groups is 1. The van der Waals surface area contributed by atoms with Gasteiger partial charge in [-0.1, -0.05) is 44.0 Å². The Kier molecular flexibility index (Phi) is 9.26. The first kappa shape index (κ1) is 31.5. The molecule has 3 aliphatic heterocycles. The molecular formula is C35H43N3O6. The zero-order valence-electron chi connectivity index (χ0n) is 26.4. The first-order chi connectivity index (χ1) is 21.3. The van der Waals surface area contributed by atoms with Crippen LogP contribution < -0.4 is 23.7 Å². The van der Waals surface area contributed by atoms with Crippen LogP contribution in [0.5, 0.6) is 28.7 Å². The second-order valence-electron chi connectivity index (χ2n) is 11.5. The Morgan fingerprint density at radius 2 is 1.48 bits per heavy atom. The Morgan fingerprint density at radius 3 is 2.02 bits per heavy atom. The van der Waals surface area contributed by atoms with Crippen molar-refractivity contribution < 1.29 is 28.8 Å². The molecule has 3 heterocycles. The van der Waals surface area contributed by atoms with E-state index in [1.54, 1.807) is 32.4 Å². The molecule has 2 aromatic rings. The number of nitrogens with zero attached hydrogens (tertiary/aromatic N) is 3. The quantitative estimate of drug-likeness (QED) is 0.345.